The maximum Gasteiger partial charge on any atom is 0.227 e. The van der Waals surface area contributed by atoms with Crippen LogP contribution in [0.15, 0.2) is 24.5 Å². The summed E-state index contributed by atoms with van der Waals surface area (Å²) in [4.78, 5) is 18.7. The second-order valence-corrected chi connectivity index (χ2v) is 5.62. The Balaban J connectivity index is 2.09. The van der Waals surface area contributed by atoms with Crippen molar-refractivity contribution in [2.75, 3.05) is 6.54 Å². The normalized spacial score (nSPS) is 10.7. The zero-order valence-corrected chi connectivity index (χ0v) is 13.6. The van der Waals surface area contributed by atoms with E-state index in [1.165, 1.54) is 0 Å². The molecule has 2 aromatic heterocycles. The first kappa shape index (κ1) is 16.2. The highest BCUT2D eigenvalue weighted by Gasteiger charge is 2.17. The lowest BCUT2D eigenvalue weighted by Gasteiger charge is -2.22. The maximum absolute atomic E-state index is 12.7. The van der Waals surface area contributed by atoms with E-state index >= 15 is 0 Å². The zero-order valence-electron chi connectivity index (χ0n) is 13.6. The molecule has 5 nitrogen and oxygen atoms in total. The highest BCUT2D eigenvalue weighted by molar-refractivity contribution is 5.79. The van der Waals surface area contributed by atoms with Gasteiger partial charge in [-0.05, 0) is 31.9 Å². The Hall–Kier alpha value is -2.17. The summed E-state index contributed by atoms with van der Waals surface area (Å²) in [5.41, 5.74) is 3.95. The number of carbonyl (C=O) groups excluding carboxylic acids is 1. The first-order chi connectivity index (χ1) is 10.6. The van der Waals surface area contributed by atoms with Crippen molar-refractivity contribution in [1.29, 1.82) is 0 Å². The maximum atomic E-state index is 12.7. The van der Waals surface area contributed by atoms with E-state index in [4.69, 9.17) is 0 Å². The van der Waals surface area contributed by atoms with E-state index in [0.29, 0.717) is 13.0 Å². The predicted molar refractivity (Wildman–Crippen MR) is 86.3 cm³/mol. The van der Waals surface area contributed by atoms with Crippen molar-refractivity contribution in [3.63, 3.8) is 0 Å². The van der Waals surface area contributed by atoms with Crippen LogP contribution in [0.2, 0.25) is 0 Å². The minimum Gasteiger partial charge on any atom is -0.338 e. The Morgan fingerprint density at radius 2 is 2.18 bits per heavy atom. The Morgan fingerprint density at radius 1 is 1.36 bits per heavy atom. The van der Waals surface area contributed by atoms with Gasteiger partial charge >= 0.3 is 0 Å². The molecule has 0 aromatic carbocycles. The van der Waals surface area contributed by atoms with Crippen LogP contribution in [-0.4, -0.2) is 32.5 Å². The number of amides is 1. The monoisotopic (exact) mass is 300 g/mol. The number of aromatic nitrogens is 3. The molecular formula is C17H24N4O. The summed E-state index contributed by atoms with van der Waals surface area (Å²) in [7, 11) is 0. The molecule has 0 spiro atoms. The molecule has 0 aliphatic carbocycles. The van der Waals surface area contributed by atoms with Crippen LogP contribution in [0.1, 0.15) is 42.3 Å². The van der Waals surface area contributed by atoms with Crippen LogP contribution in [0.25, 0.3) is 0 Å². The quantitative estimate of drug-likeness (QED) is 0.855. The smallest absolute Gasteiger partial charge is 0.227 e. The van der Waals surface area contributed by atoms with Crippen molar-refractivity contribution < 1.29 is 4.79 Å². The largest absolute Gasteiger partial charge is 0.338 e. The molecule has 0 saturated carbocycles. The molecule has 0 aliphatic rings. The van der Waals surface area contributed by atoms with E-state index in [9.17, 15) is 4.79 Å². The number of H-pyrrole nitrogens is 1. The molecule has 22 heavy (non-hydrogen) atoms. The molecule has 0 aliphatic heterocycles. The van der Waals surface area contributed by atoms with E-state index in [0.717, 1.165) is 41.9 Å². The fraction of sp³-hybridized carbons (Fsp3) is 0.471. The average molecular weight is 300 g/mol. The van der Waals surface area contributed by atoms with Gasteiger partial charge in [0.05, 0.1) is 12.1 Å². The second-order valence-electron chi connectivity index (χ2n) is 5.62. The standard InChI is InChI=1S/C17H24N4O/c1-4-5-9-21(12-15-7-6-8-18-11-15)17(22)10-16-13(2)19-20-14(16)3/h6-8,11H,4-5,9-10,12H2,1-3H3,(H,19,20). The third-order valence-corrected chi connectivity index (χ3v) is 3.84. The van der Waals surface area contributed by atoms with Crippen molar-refractivity contribution in [3.05, 3.63) is 47.0 Å². The van der Waals surface area contributed by atoms with E-state index in [-0.39, 0.29) is 5.91 Å². The summed E-state index contributed by atoms with van der Waals surface area (Å²) in [5, 5.41) is 7.11. The van der Waals surface area contributed by atoms with Gasteiger partial charge in [0, 0.05) is 36.7 Å². The molecule has 1 N–H and O–H groups in total. The van der Waals surface area contributed by atoms with Crippen LogP contribution in [0.3, 0.4) is 0 Å². The number of hydrogen-bond acceptors (Lipinski definition) is 3. The average Bonchev–Trinajstić information content (AvgIpc) is 2.84. The van der Waals surface area contributed by atoms with Crippen molar-refractivity contribution in [2.45, 2.75) is 46.6 Å². The number of nitrogens with zero attached hydrogens (tertiary/aromatic N) is 3. The number of hydrogen-bond donors (Lipinski definition) is 1. The third-order valence-electron chi connectivity index (χ3n) is 3.84. The Bertz CT molecular complexity index is 587. The summed E-state index contributed by atoms with van der Waals surface area (Å²) < 4.78 is 0. The van der Waals surface area contributed by atoms with Gasteiger partial charge in [-0.2, -0.15) is 5.10 Å². The van der Waals surface area contributed by atoms with Gasteiger partial charge in [-0.1, -0.05) is 19.4 Å². The minimum atomic E-state index is 0.143. The van der Waals surface area contributed by atoms with Gasteiger partial charge in [0.15, 0.2) is 0 Å². The zero-order chi connectivity index (χ0) is 15.9. The third kappa shape index (κ3) is 4.16. The molecule has 0 saturated heterocycles. The molecule has 2 aromatic rings. The highest BCUT2D eigenvalue weighted by atomic mass is 16.2. The van der Waals surface area contributed by atoms with Crippen molar-refractivity contribution in [3.8, 4) is 0 Å². The van der Waals surface area contributed by atoms with Crippen LogP contribution in [0, 0.1) is 13.8 Å². The molecule has 5 heteroatoms. The Morgan fingerprint density at radius 3 is 2.77 bits per heavy atom. The molecule has 0 atom stereocenters. The molecule has 0 radical (unpaired) electrons. The van der Waals surface area contributed by atoms with Crippen LogP contribution in [0.5, 0.6) is 0 Å². The lowest BCUT2D eigenvalue weighted by Crippen LogP contribution is -2.33. The van der Waals surface area contributed by atoms with E-state index in [1.54, 1.807) is 6.20 Å². The number of aryl methyl sites for hydroxylation is 2. The molecule has 0 unspecified atom stereocenters. The van der Waals surface area contributed by atoms with Gasteiger partial charge in [-0.3, -0.25) is 14.9 Å². The number of nitrogens with one attached hydrogen (secondary N) is 1. The fourth-order valence-electron chi connectivity index (χ4n) is 2.45. The number of unbranched alkanes of at least 4 members (excludes halogenated alkanes) is 1. The number of rotatable bonds is 7. The summed E-state index contributed by atoms with van der Waals surface area (Å²) in [6.07, 6.45) is 6.05. The minimum absolute atomic E-state index is 0.143. The first-order valence-corrected chi connectivity index (χ1v) is 7.79. The van der Waals surface area contributed by atoms with Crippen molar-refractivity contribution in [2.24, 2.45) is 0 Å². The Kier molecular flexibility index (Phi) is 5.69. The SMILES string of the molecule is CCCCN(Cc1cccnc1)C(=O)Cc1c(C)n[nH]c1C. The van der Waals surface area contributed by atoms with Gasteiger partial charge in [0.25, 0.3) is 0 Å². The predicted octanol–water partition coefficient (Wildman–Crippen LogP) is 2.79. The van der Waals surface area contributed by atoms with Crippen LogP contribution in [0.4, 0.5) is 0 Å². The van der Waals surface area contributed by atoms with E-state index < -0.39 is 0 Å². The van der Waals surface area contributed by atoms with E-state index in [1.807, 2.05) is 37.1 Å². The van der Waals surface area contributed by atoms with Crippen molar-refractivity contribution in [1.82, 2.24) is 20.1 Å². The Labute approximate surface area is 131 Å². The molecule has 2 rings (SSSR count). The molecule has 118 valence electrons. The van der Waals surface area contributed by atoms with E-state index in [2.05, 4.69) is 22.1 Å². The van der Waals surface area contributed by atoms with Crippen LogP contribution >= 0.6 is 0 Å². The van der Waals surface area contributed by atoms with Gasteiger partial charge in [-0.25, -0.2) is 0 Å². The summed E-state index contributed by atoms with van der Waals surface area (Å²) in [5.74, 6) is 0.143. The van der Waals surface area contributed by atoms with Crippen LogP contribution in [-0.2, 0) is 17.8 Å². The number of carbonyl (C=O) groups is 1. The number of pyridine rings is 1. The number of aromatic amines is 1. The van der Waals surface area contributed by atoms with Gasteiger partial charge < -0.3 is 4.90 Å². The lowest BCUT2D eigenvalue weighted by atomic mass is 10.1. The molecule has 2 heterocycles. The van der Waals surface area contributed by atoms with Crippen LogP contribution < -0.4 is 0 Å². The van der Waals surface area contributed by atoms with Gasteiger partial charge in [0.1, 0.15) is 0 Å². The molecule has 1 amide bonds. The fourth-order valence-corrected chi connectivity index (χ4v) is 2.45. The molecular weight excluding hydrogens is 276 g/mol. The second kappa shape index (κ2) is 7.73. The topological polar surface area (TPSA) is 61.9 Å². The molecule has 0 fully saturated rings. The van der Waals surface area contributed by atoms with Crippen molar-refractivity contribution >= 4 is 5.91 Å². The highest BCUT2D eigenvalue weighted by Crippen LogP contribution is 2.13. The lowest BCUT2D eigenvalue weighted by molar-refractivity contribution is -0.131. The van der Waals surface area contributed by atoms with Gasteiger partial charge in [-0.15, -0.1) is 0 Å². The molecule has 0 bridgehead atoms. The summed E-state index contributed by atoms with van der Waals surface area (Å²) >= 11 is 0. The summed E-state index contributed by atoms with van der Waals surface area (Å²) in [6, 6.07) is 3.91. The first-order valence-electron chi connectivity index (χ1n) is 7.79. The summed E-state index contributed by atoms with van der Waals surface area (Å²) in [6.45, 7) is 7.42. The van der Waals surface area contributed by atoms with Gasteiger partial charge in [0.2, 0.25) is 5.91 Å².